The van der Waals surface area contributed by atoms with Gasteiger partial charge in [-0.15, -0.1) is 0 Å². The highest BCUT2D eigenvalue weighted by Gasteiger charge is 2.24. The highest BCUT2D eigenvalue weighted by molar-refractivity contribution is 6.30. The number of methoxy groups -OCH3 is 1. The molecule has 1 aliphatic rings. The third-order valence-corrected chi connectivity index (χ3v) is 4.82. The number of ether oxygens (including phenoxy) is 3. The third-order valence-electron chi connectivity index (χ3n) is 4.58. The van der Waals surface area contributed by atoms with Crippen LogP contribution in [-0.2, 0) is 9.47 Å². The first-order chi connectivity index (χ1) is 13.1. The molecule has 1 atom stereocenters. The molecule has 1 saturated heterocycles. The van der Waals surface area contributed by atoms with E-state index in [1.807, 2.05) is 32.2 Å². The Kier molecular flexibility index (Phi) is 9.73. The predicted octanol–water partition coefficient (Wildman–Crippen LogP) is 2.98. The van der Waals surface area contributed by atoms with E-state index in [-0.39, 0.29) is 0 Å². The minimum Gasteiger partial charge on any atom is -0.493 e. The Morgan fingerprint density at radius 3 is 2.93 bits per heavy atom. The lowest BCUT2D eigenvalue weighted by Gasteiger charge is -2.22. The van der Waals surface area contributed by atoms with Gasteiger partial charge in [-0.1, -0.05) is 11.6 Å². The van der Waals surface area contributed by atoms with Crippen molar-refractivity contribution in [3.63, 3.8) is 0 Å². The number of aryl methyl sites for hydroxylation is 1. The molecule has 152 valence electrons. The van der Waals surface area contributed by atoms with Crippen LogP contribution in [0.3, 0.4) is 0 Å². The van der Waals surface area contributed by atoms with Crippen LogP contribution in [0, 0.1) is 12.8 Å². The van der Waals surface area contributed by atoms with Gasteiger partial charge in [0.05, 0.1) is 26.4 Å². The average Bonchev–Trinajstić information content (AvgIpc) is 3.12. The molecule has 0 radical (unpaired) electrons. The van der Waals surface area contributed by atoms with Crippen molar-refractivity contribution in [2.45, 2.75) is 19.8 Å². The predicted molar refractivity (Wildman–Crippen MR) is 110 cm³/mol. The fourth-order valence-corrected chi connectivity index (χ4v) is 3.34. The van der Waals surface area contributed by atoms with E-state index in [4.69, 9.17) is 25.8 Å². The molecule has 0 spiro atoms. The lowest BCUT2D eigenvalue weighted by Crippen LogP contribution is -2.40. The quantitative estimate of drug-likeness (QED) is 0.373. The molecule has 6 nitrogen and oxygen atoms in total. The zero-order chi connectivity index (χ0) is 19.5. The van der Waals surface area contributed by atoms with Gasteiger partial charge in [0, 0.05) is 44.7 Å². The van der Waals surface area contributed by atoms with Gasteiger partial charge in [0.2, 0.25) is 0 Å². The van der Waals surface area contributed by atoms with Gasteiger partial charge in [0.25, 0.3) is 0 Å². The Bertz CT molecular complexity index is 598. The number of hydrogen-bond donors (Lipinski definition) is 1. The molecule has 27 heavy (non-hydrogen) atoms. The first kappa shape index (κ1) is 21.8. The van der Waals surface area contributed by atoms with E-state index in [2.05, 4.69) is 15.2 Å². The number of hydrogen-bond acceptors (Lipinski definition) is 4. The molecular formula is C20H32ClN3O3. The molecule has 1 fully saturated rings. The Labute approximate surface area is 167 Å². The van der Waals surface area contributed by atoms with E-state index in [0.29, 0.717) is 25.7 Å². The number of benzene rings is 1. The van der Waals surface area contributed by atoms with Crippen molar-refractivity contribution in [2.75, 3.05) is 60.2 Å². The summed E-state index contributed by atoms with van der Waals surface area (Å²) in [5.41, 5.74) is 1.06. The van der Waals surface area contributed by atoms with Crippen LogP contribution in [0.5, 0.6) is 5.75 Å². The molecule has 2 rings (SSSR count). The summed E-state index contributed by atoms with van der Waals surface area (Å²) in [6.45, 7) is 7.57. The van der Waals surface area contributed by atoms with Crippen LogP contribution in [0.15, 0.2) is 23.2 Å². The normalized spacial score (nSPS) is 17.4. The SMILES string of the molecule is CN=C(NCCCOc1ccc(Cl)cc1C)N1CCC(COCCOC)C1. The van der Waals surface area contributed by atoms with E-state index in [1.165, 1.54) is 0 Å². The summed E-state index contributed by atoms with van der Waals surface area (Å²) in [6, 6.07) is 5.69. The van der Waals surface area contributed by atoms with Crippen LogP contribution in [0.4, 0.5) is 0 Å². The Balaban J connectivity index is 1.63. The second-order valence-electron chi connectivity index (χ2n) is 6.75. The fraction of sp³-hybridized carbons (Fsp3) is 0.650. The third kappa shape index (κ3) is 7.56. The average molecular weight is 398 g/mol. The summed E-state index contributed by atoms with van der Waals surface area (Å²) in [5.74, 6) is 2.40. The van der Waals surface area contributed by atoms with Gasteiger partial charge in [-0.3, -0.25) is 4.99 Å². The second kappa shape index (κ2) is 12.1. The van der Waals surface area contributed by atoms with Crippen molar-refractivity contribution in [1.82, 2.24) is 10.2 Å². The lowest BCUT2D eigenvalue weighted by molar-refractivity contribution is 0.0536. The van der Waals surface area contributed by atoms with Gasteiger partial charge >= 0.3 is 0 Å². The molecule has 1 aromatic rings. The molecule has 1 N–H and O–H groups in total. The number of guanidine groups is 1. The molecular weight excluding hydrogens is 366 g/mol. The van der Waals surface area contributed by atoms with Crippen LogP contribution in [-0.4, -0.2) is 71.1 Å². The minimum absolute atomic E-state index is 0.552. The van der Waals surface area contributed by atoms with Crippen LogP contribution in [0.1, 0.15) is 18.4 Å². The van der Waals surface area contributed by atoms with Crippen molar-refractivity contribution in [3.05, 3.63) is 28.8 Å². The second-order valence-corrected chi connectivity index (χ2v) is 7.19. The standard InChI is InChI=1S/C20H32ClN3O3/c1-16-13-18(21)5-6-19(16)27-10-4-8-23-20(22-2)24-9-7-17(14-24)15-26-12-11-25-3/h5-6,13,17H,4,7-12,14-15H2,1-3H3,(H,22,23). The summed E-state index contributed by atoms with van der Waals surface area (Å²) in [4.78, 5) is 6.71. The summed E-state index contributed by atoms with van der Waals surface area (Å²) in [6.07, 6.45) is 2.03. The Hall–Kier alpha value is -1.50. The van der Waals surface area contributed by atoms with Gasteiger partial charge in [0.1, 0.15) is 5.75 Å². The lowest BCUT2D eigenvalue weighted by atomic mass is 10.1. The Morgan fingerprint density at radius 2 is 2.19 bits per heavy atom. The minimum atomic E-state index is 0.552. The number of aliphatic imine (C=N–C) groups is 1. The summed E-state index contributed by atoms with van der Waals surface area (Å²) in [7, 11) is 3.52. The largest absolute Gasteiger partial charge is 0.493 e. The number of likely N-dealkylation sites (tertiary alicyclic amines) is 1. The van der Waals surface area contributed by atoms with E-state index >= 15 is 0 Å². The van der Waals surface area contributed by atoms with Gasteiger partial charge in [-0.05, 0) is 43.5 Å². The summed E-state index contributed by atoms with van der Waals surface area (Å²) in [5, 5.41) is 4.17. The zero-order valence-corrected chi connectivity index (χ0v) is 17.4. The Morgan fingerprint density at radius 1 is 1.33 bits per heavy atom. The van der Waals surface area contributed by atoms with Crippen LogP contribution < -0.4 is 10.1 Å². The molecule has 0 bridgehead atoms. The van der Waals surface area contributed by atoms with Crippen LogP contribution >= 0.6 is 11.6 Å². The number of nitrogens with one attached hydrogen (secondary N) is 1. The molecule has 1 aliphatic heterocycles. The molecule has 0 aliphatic carbocycles. The molecule has 7 heteroatoms. The van der Waals surface area contributed by atoms with Gasteiger partial charge in [-0.2, -0.15) is 0 Å². The van der Waals surface area contributed by atoms with Crippen molar-refractivity contribution < 1.29 is 14.2 Å². The van der Waals surface area contributed by atoms with Crippen molar-refractivity contribution in [2.24, 2.45) is 10.9 Å². The molecule has 1 unspecified atom stereocenters. The number of halogens is 1. The van der Waals surface area contributed by atoms with E-state index < -0.39 is 0 Å². The molecule has 1 heterocycles. The topological polar surface area (TPSA) is 55.3 Å². The van der Waals surface area contributed by atoms with E-state index in [1.54, 1.807) is 7.11 Å². The van der Waals surface area contributed by atoms with E-state index in [0.717, 1.165) is 61.4 Å². The monoisotopic (exact) mass is 397 g/mol. The molecule has 0 amide bonds. The highest BCUT2D eigenvalue weighted by atomic mass is 35.5. The first-order valence-electron chi connectivity index (χ1n) is 9.55. The van der Waals surface area contributed by atoms with Crippen LogP contribution in [0.25, 0.3) is 0 Å². The van der Waals surface area contributed by atoms with E-state index in [9.17, 15) is 0 Å². The van der Waals surface area contributed by atoms with Crippen molar-refractivity contribution in [1.29, 1.82) is 0 Å². The van der Waals surface area contributed by atoms with Gasteiger partial charge in [-0.25, -0.2) is 0 Å². The zero-order valence-electron chi connectivity index (χ0n) is 16.7. The molecule has 0 saturated carbocycles. The maximum Gasteiger partial charge on any atom is 0.193 e. The van der Waals surface area contributed by atoms with Gasteiger partial charge in [0.15, 0.2) is 5.96 Å². The highest BCUT2D eigenvalue weighted by Crippen LogP contribution is 2.21. The van der Waals surface area contributed by atoms with Crippen molar-refractivity contribution >= 4 is 17.6 Å². The maximum atomic E-state index is 5.97. The summed E-state index contributed by atoms with van der Waals surface area (Å²) >= 11 is 5.97. The number of rotatable bonds is 10. The fourth-order valence-electron chi connectivity index (χ4n) is 3.11. The molecule has 1 aromatic carbocycles. The smallest absolute Gasteiger partial charge is 0.193 e. The number of nitrogens with zero attached hydrogens (tertiary/aromatic N) is 2. The van der Waals surface area contributed by atoms with Crippen molar-refractivity contribution in [3.8, 4) is 5.75 Å². The van der Waals surface area contributed by atoms with Gasteiger partial charge < -0.3 is 24.4 Å². The molecule has 0 aromatic heterocycles. The summed E-state index contributed by atoms with van der Waals surface area (Å²) < 4.78 is 16.5. The maximum absolute atomic E-state index is 5.97. The first-order valence-corrected chi connectivity index (χ1v) is 9.93. The van der Waals surface area contributed by atoms with Crippen LogP contribution in [0.2, 0.25) is 5.02 Å².